The molecule has 1 unspecified atom stereocenters. The number of nitrogens with one attached hydrogen (secondary N) is 2. The van der Waals surface area contributed by atoms with Gasteiger partial charge in [0.05, 0.1) is 6.04 Å². The molecule has 16 heavy (non-hydrogen) atoms. The van der Waals surface area contributed by atoms with Crippen LogP contribution in [0.3, 0.4) is 0 Å². The molecule has 3 nitrogen and oxygen atoms in total. The Balaban J connectivity index is 2.08. The molecule has 1 aliphatic rings. The predicted octanol–water partition coefficient (Wildman–Crippen LogP) is 2.21. The number of rotatable bonds is 7. The number of amides is 1. The van der Waals surface area contributed by atoms with Gasteiger partial charge in [-0.2, -0.15) is 0 Å². The van der Waals surface area contributed by atoms with E-state index in [-0.39, 0.29) is 11.9 Å². The SMILES string of the molecule is CCCCCCC(C)NC(=O)[C@H]1CCCN1. The number of carbonyl (C=O) groups excluding carboxylic acids is 1. The second kappa shape index (κ2) is 7.66. The lowest BCUT2D eigenvalue weighted by Gasteiger charge is -2.17. The van der Waals surface area contributed by atoms with Crippen LogP contribution < -0.4 is 10.6 Å². The van der Waals surface area contributed by atoms with Gasteiger partial charge in [-0.3, -0.25) is 4.79 Å². The third kappa shape index (κ3) is 4.97. The standard InChI is InChI=1S/C13H26N2O/c1-3-4-5-6-8-11(2)15-13(16)12-9-7-10-14-12/h11-12,14H,3-10H2,1-2H3,(H,15,16)/t11?,12-/m1/s1. The Bertz CT molecular complexity index is 200. The summed E-state index contributed by atoms with van der Waals surface area (Å²) in [5.41, 5.74) is 0. The molecule has 0 bridgehead atoms. The minimum absolute atomic E-state index is 0.0677. The first-order valence-corrected chi connectivity index (χ1v) is 6.77. The van der Waals surface area contributed by atoms with Gasteiger partial charge in [-0.15, -0.1) is 0 Å². The molecule has 1 saturated heterocycles. The lowest BCUT2D eigenvalue weighted by Crippen LogP contribution is -2.44. The Morgan fingerprint density at radius 2 is 2.25 bits per heavy atom. The van der Waals surface area contributed by atoms with Gasteiger partial charge >= 0.3 is 0 Å². The van der Waals surface area contributed by atoms with E-state index >= 15 is 0 Å². The quantitative estimate of drug-likeness (QED) is 0.654. The Morgan fingerprint density at radius 1 is 1.44 bits per heavy atom. The Hall–Kier alpha value is -0.570. The molecule has 0 spiro atoms. The van der Waals surface area contributed by atoms with E-state index in [4.69, 9.17) is 0 Å². The smallest absolute Gasteiger partial charge is 0.237 e. The van der Waals surface area contributed by atoms with Crippen LogP contribution in [0.5, 0.6) is 0 Å². The van der Waals surface area contributed by atoms with Crippen molar-refractivity contribution in [3.8, 4) is 0 Å². The van der Waals surface area contributed by atoms with Crippen LogP contribution in [0.4, 0.5) is 0 Å². The highest BCUT2D eigenvalue weighted by molar-refractivity contribution is 5.82. The van der Waals surface area contributed by atoms with Crippen LogP contribution in [0, 0.1) is 0 Å². The first-order chi connectivity index (χ1) is 7.74. The molecule has 94 valence electrons. The van der Waals surface area contributed by atoms with E-state index in [2.05, 4.69) is 24.5 Å². The van der Waals surface area contributed by atoms with Crippen LogP contribution in [-0.4, -0.2) is 24.5 Å². The van der Waals surface area contributed by atoms with E-state index < -0.39 is 0 Å². The normalized spacial score (nSPS) is 22.0. The second-order valence-corrected chi connectivity index (χ2v) is 4.91. The summed E-state index contributed by atoms with van der Waals surface area (Å²) in [6, 6.07) is 0.393. The van der Waals surface area contributed by atoms with E-state index in [0.29, 0.717) is 6.04 Å². The first-order valence-electron chi connectivity index (χ1n) is 6.77. The summed E-state index contributed by atoms with van der Waals surface area (Å²) in [6.07, 6.45) is 8.33. The van der Waals surface area contributed by atoms with E-state index in [1.165, 1.54) is 25.7 Å². The maximum Gasteiger partial charge on any atom is 0.237 e. The van der Waals surface area contributed by atoms with Gasteiger partial charge in [0.25, 0.3) is 0 Å². The molecule has 0 aliphatic carbocycles. The molecule has 1 aliphatic heterocycles. The average Bonchev–Trinajstić information content (AvgIpc) is 2.77. The highest BCUT2D eigenvalue weighted by Crippen LogP contribution is 2.08. The molecule has 1 amide bonds. The van der Waals surface area contributed by atoms with E-state index in [0.717, 1.165) is 25.8 Å². The summed E-state index contributed by atoms with van der Waals surface area (Å²) in [6.45, 7) is 5.32. The van der Waals surface area contributed by atoms with Gasteiger partial charge in [0.2, 0.25) is 5.91 Å². The van der Waals surface area contributed by atoms with Crippen molar-refractivity contribution >= 4 is 5.91 Å². The predicted molar refractivity (Wildman–Crippen MR) is 67.4 cm³/mol. The molecule has 0 aromatic heterocycles. The minimum Gasteiger partial charge on any atom is -0.352 e. The Labute approximate surface area is 99.4 Å². The summed E-state index contributed by atoms with van der Waals surface area (Å²) >= 11 is 0. The van der Waals surface area contributed by atoms with Crippen molar-refractivity contribution in [2.75, 3.05) is 6.54 Å². The lowest BCUT2D eigenvalue weighted by molar-refractivity contribution is -0.123. The van der Waals surface area contributed by atoms with Crippen molar-refractivity contribution < 1.29 is 4.79 Å². The molecular weight excluding hydrogens is 200 g/mol. The summed E-state index contributed by atoms with van der Waals surface area (Å²) in [7, 11) is 0. The molecule has 0 radical (unpaired) electrons. The van der Waals surface area contributed by atoms with Gasteiger partial charge in [0, 0.05) is 6.04 Å². The van der Waals surface area contributed by atoms with E-state index in [9.17, 15) is 4.79 Å². The van der Waals surface area contributed by atoms with Gasteiger partial charge in [0.15, 0.2) is 0 Å². The fourth-order valence-corrected chi connectivity index (χ4v) is 2.20. The largest absolute Gasteiger partial charge is 0.352 e. The van der Waals surface area contributed by atoms with Gasteiger partial charge < -0.3 is 10.6 Å². The van der Waals surface area contributed by atoms with Crippen LogP contribution in [0.15, 0.2) is 0 Å². The minimum atomic E-state index is 0.0677. The molecule has 0 saturated carbocycles. The zero-order valence-corrected chi connectivity index (χ0v) is 10.7. The molecule has 1 heterocycles. The number of hydrogen-bond acceptors (Lipinski definition) is 2. The van der Waals surface area contributed by atoms with Crippen LogP contribution >= 0.6 is 0 Å². The fraction of sp³-hybridized carbons (Fsp3) is 0.923. The number of unbranched alkanes of at least 4 members (excludes halogenated alkanes) is 3. The van der Waals surface area contributed by atoms with Crippen LogP contribution in [0.1, 0.15) is 58.8 Å². The van der Waals surface area contributed by atoms with E-state index in [1.807, 2.05) is 0 Å². The van der Waals surface area contributed by atoms with Crippen molar-refractivity contribution in [1.29, 1.82) is 0 Å². The van der Waals surface area contributed by atoms with Crippen LogP contribution in [-0.2, 0) is 4.79 Å². The van der Waals surface area contributed by atoms with Crippen molar-refractivity contribution in [3.63, 3.8) is 0 Å². The third-order valence-electron chi connectivity index (χ3n) is 3.26. The second-order valence-electron chi connectivity index (χ2n) is 4.91. The fourth-order valence-electron chi connectivity index (χ4n) is 2.20. The molecule has 0 aromatic rings. The van der Waals surface area contributed by atoms with Crippen LogP contribution in [0.2, 0.25) is 0 Å². The Kier molecular flexibility index (Phi) is 6.46. The van der Waals surface area contributed by atoms with Crippen molar-refractivity contribution in [1.82, 2.24) is 10.6 Å². The van der Waals surface area contributed by atoms with Crippen LogP contribution in [0.25, 0.3) is 0 Å². The monoisotopic (exact) mass is 226 g/mol. The van der Waals surface area contributed by atoms with Crippen molar-refractivity contribution in [3.05, 3.63) is 0 Å². The molecule has 1 fully saturated rings. The van der Waals surface area contributed by atoms with E-state index in [1.54, 1.807) is 0 Å². The first kappa shape index (κ1) is 13.5. The highest BCUT2D eigenvalue weighted by Gasteiger charge is 2.22. The summed E-state index contributed by atoms with van der Waals surface area (Å²) in [4.78, 5) is 11.8. The molecule has 2 atom stereocenters. The Morgan fingerprint density at radius 3 is 2.88 bits per heavy atom. The van der Waals surface area contributed by atoms with Gasteiger partial charge in [-0.05, 0) is 32.7 Å². The van der Waals surface area contributed by atoms with Crippen molar-refractivity contribution in [2.24, 2.45) is 0 Å². The zero-order chi connectivity index (χ0) is 11.8. The van der Waals surface area contributed by atoms with Gasteiger partial charge in [-0.25, -0.2) is 0 Å². The molecule has 3 heteroatoms. The number of hydrogen-bond donors (Lipinski definition) is 2. The topological polar surface area (TPSA) is 41.1 Å². The third-order valence-corrected chi connectivity index (χ3v) is 3.26. The summed E-state index contributed by atoms with van der Waals surface area (Å²) in [5, 5.41) is 6.32. The summed E-state index contributed by atoms with van der Waals surface area (Å²) in [5.74, 6) is 0.195. The van der Waals surface area contributed by atoms with Crippen molar-refractivity contribution in [2.45, 2.75) is 70.9 Å². The average molecular weight is 226 g/mol. The lowest BCUT2D eigenvalue weighted by atomic mass is 10.1. The number of carbonyl (C=O) groups is 1. The van der Waals surface area contributed by atoms with Gasteiger partial charge in [0.1, 0.15) is 0 Å². The molecular formula is C13H26N2O. The molecule has 1 rings (SSSR count). The molecule has 0 aromatic carbocycles. The van der Waals surface area contributed by atoms with Gasteiger partial charge in [-0.1, -0.05) is 32.6 Å². The highest BCUT2D eigenvalue weighted by atomic mass is 16.2. The maximum atomic E-state index is 11.8. The maximum absolute atomic E-state index is 11.8. The summed E-state index contributed by atoms with van der Waals surface area (Å²) < 4.78 is 0. The zero-order valence-electron chi connectivity index (χ0n) is 10.7. The molecule has 2 N–H and O–H groups in total.